The number of imidazole rings is 1. The quantitative estimate of drug-likeness (QED) is 0.120. The van der Waals surface area contributed by atoms with Crippen molar-refractivity contribution in [2.75, 3.05) is 26.6 Å². The number of nitrogens with one attached hydrogen (secondary N) is 1. The SMILES string of the molecule is COc1ccc(C(OC(C(=O)COc2ccc(C(C)C)cc2)[C@H]2O[C@@H](n3cnc4c(=O)[nH]c(N)nc43)C[C@@H]2O)(c2ccccc2)c2ccc(OC)cc2)cc1. The summed E-state index contributed by atoms with van der Waals surface area (Å²) in [5.74, 6) is 1.50. The summed E-state index contributed by atoms with van der Waals surface area (Å²) in [5.41, 5.74) is 7.34. The minimum Gasteiger partial charge on any atom is -0.497 e. The lowest BCUT2D eigenvalue weighted by molar-refractivity contribution is -0.167. The maximum atomic E-state index is 14.7. The van der Waals surface area contributed by atoms with Gasteiger partial charge in [-0.15, -0.1) is 0 Å². The van der Waals surface area contributed by atoms with E-state index < -0.39 is 41.5 Å². The standard InChI is InChI=1S/C42H43N5O8/c1-25(2)26-10-16-32(17-11-26)53-23-34(49)38(37-33(48)22-35(54-37)47-24-44-36-39(47)45-41(43)46-40(36)50)55-42(27-8-6-5-7-9-27,28-12-18-30(51-3)19-13-28)29-14-20-31(52-4)21-15-29/h5-21,24-25,33,35,37-38,48H,22-23H2,1-4H3,(H3,43,45,46,50)/t33-,35+,37-,38?/m0/s1. The summed E-state index contributed by atoms with van der Waals surface area (Å²) in [4.78, 5) is 38.3. The summed E-state index contributed by atoms with van der Waals surface area (Å²) in [6.45, 7) is 3.81. The van der Waals surface area contributed by atoms with Crippen LogP contribution in [0.2, 0.25) is 0 Å². The van der Waals surface area contributed by atoms with Gasteiger partial charge in [-0.3, -0.25) is 19.1 Å². The molecule has 4 atom stereocenters. The number of fused-ring (bicyclic) bond motifs is 1. The average Bonchev–Trinajstić information content (AvgIpc) is 3.81. The molecule has 4 N–H and O–H groups in total. The van der Waals surface area contributed by atoms with Crippen LogP contribution in [0.4, 0.5) is 5.95 Å². The van der Waals surface area contributed by atoms with Gasteiger partial charge in [0.05, 0.1) is 26.7 Å². The number of ketones is 1. The summed E-state index contributed by atoms with van der Waals surface area (Å²) in [5, 5.41) is 11.8. The van der Waals surface area contributed by atoms with Crippen LogP contribution in [-0.2, 0) is 19.9 Å². The Labute approximate surface area is 317 Å². The van der Waals surface area contributed by atoms with Crippen molar-refractivity contribution in [2.24, 2.45) is 0 Å². The molecule has 1 aliphatic rings. The highest BCUT2D eigenvalue weighted by atomic mass is 16.6. The Balaban J connectivity index is 1.34. The van der Waals surface area contributed by atoms with Crippen molar-refractivity contribution in [2.45, 2.75) is 56.3 Å². The molecule has 2 aromatic heterocycles. The number of nitrogens with zero attached hydrogens (tertiary/aromatic N) is 3. The van der Waals surface area contributed by atoms with Crippen LogP contribution in [0.5, 0.6) is 17.2 Å². The molecule has 0 aliphatic carbocycles. The molecule has 0 amide bonds. The number of carbonyl (C=O) groups excluding carboxylic acids is 1. The van der Waals surface area contributed by atoms with Gasteiger partial charge in [-0.05, 0) is 64.6 Å². The summed E-state index contributed by atoms with van der Waals surface area (Å²) in [6, 6.07) is 31.9. The van der Waals surface area contributed by atoms with E-state index in [0.717, 1.165) is 5.56 Å². The number of H-pyrrole nitrogens is 1. The number of nitrogen functional groups attached to an aromatic ring is 1. The summed E-state index contributed by atoms with van der Waals surface area (Å²) in [6.07, 6.45) is -3.28. The molecule has 4 aromatic carbocycles. The Bertz CT molecular complexity index is 2240. The van der Waals surface area contributed by atoms with Crippen LogP contribution in [0.1, 0.15) is 54.7 Å². The van der Waals surface area contributed by atoms with Gasteiger partial charge in [0.1, 0.15) is 41.8 Å². The van der Waals surface area contributed by atoms with E-state index in [2.05, 4.69) is 28.8 Å². The Morgan fingerprint density at radius 3 is 2.07 bits per heavy atom. The van der Waals surface area contributed by atoms with E-state index in [1.807, 2.05) is 103 Å². The smallest absolute Gasteiger partial charge is 0.280 e. The maximum absolute atomic E-state index is 14.7. The van der Waals surface area contributed by atoms with Crippen LogP contribution in [0.25, 0.3) is 11.2 Å². The largest absolute Gasteiger partial charge is 0.497 e. The number of methoxy groups -OCH3 is 2. The molecule has 0 radical (unpaired) electrons. The third-order valence-corrected chi connectivity index (χ3v) is 9.92. The highest BCUT2D eigenvalue weighted by Crippen LogP contribution is 2.45. The lowest BCUT2D eigenvalue weighted by atomic mass is 9.79. The number of rotatable bonds is 14. The number of ether oxygens (including phenoxy) is 5. The second-order valence-corrected chi connectivity index (χ2v) is 13.7. The van der Waals surface area contributed by atoms with Crippen molar-refractivity contribution in [1.82, 2.24) is 19.5 Å². The first kappa shape index (κ1) is 37.3. The summed E-state index contributed by atoms with van der Waals surface area (Å²) >= 11 is 0. The number of carbonyl (C=O) groups is 1. The molecule has 13 heteroatoms. The number of aliphatic hydroxyl groups is 1. The van der Waals surface area contributed by atoms with Gasteiger partial charge in [0.15, 0.2) is 17.3 Å². The van der Waals surface area contributed by atoms with E-state index in [0.29, 0.717) is 39.9 Å². The third-order valence-electron chi connectivity index (χ3n) is 9.92. The fourth-order valence-corrected chi connectivity index (χ4v) is 6.99. The van der Waals surface area contributed by atoms with Gasteiger partial charge in [0.25, 0.3) is 5.56 Å². The van der Waals surface area contributed by atoms with Crippen LogP contribution in [0.3, 0.4) is 0 Å². The van der Waals surface area contributed by atoms with Crippen molar-refractivity contribution in [3.8, 4) is 17.2 Å². The first-order valence-electron chi connectivity index (χ1n) is 17.9. The van der Waals surface area contributed by atoms with Crippen molar-refractivity contribution in [1.29, 1.82) is 0 Å². The van der Waals surface area contributed by atoms with E-state index >= 15 is 0 Å². The molecular weight excluding hydrogens is 702 g/mol. The minimum atomic E-state index is -1.44. The van der Waals surface area contributed by atoms with E-state index in [4.69, 9.17) is 29.4 Å². The van der Waals surface area contributed by atoms with Gasteiger partial charge in [0, 0.05) is 6.42 Å². The first-order valence-corrected chi connectivity index (χ1v) is 17.9. The number of aromatic nitrogens is 4. The zero-order chi connectivity index (χ0) is 38.7. The topological polar surface area (TPSA) is 173 Å². The molecule has 0 spiro atoms. The Morgan fingerprint density at radius 1 is 0.909 bits per heavy atom. The number of benzene rings is 4. The van der Waals surface area contributed by atoms with E-state index in [9.17, 15) is 14.7 Å². The molecule has 284 valence electrons. The number of Topliss-reactive ketones (excluding diaryl/α,β-unsaturated/α-hetero) is 1. The van der Waals surface area contributed by atoms with Gasteiger partial charge < -0.3 is 34.5 Å². The molecule has 3 heterocycles. The highest BCUT2D eigenvalue weighted by Gasteiger charge is 2.49. The molecule has 13 nitrogen and oxygen atoms in total. The van der Waals surface area contributed by atoms with Crippen LogP contribution in [0, 0.1) is 0 Å². The molecule has 55 heavy (non-hydrogen) atoms. The summed E-state index contributed by atoms with van der Waals surface area (Å²) in [7, 11) is 3.17. The molecule has 7 rings (SSSR count). The molecule has 6 aromatic rings. The Morgan fingerprint density at radius 2 is 1.49 bits per heavy atom. The van der Waals surface area contributed by atoms with E-state index in [1.54, 1.807) is 14.2 Å². The van der Waals surface area contributed by atoms with E-state index in [-0.39, 0.29) is 30.1 Å². The number of aromatic amines is 1. The van der Waals surface area contributed by atoms with Crippen LogP contribution in [-0.4, -0.2) is 69.5 Å². The molecule has 1 unspecified atom stereocenters. The number of nitrogens with two attached hydrogens (primary N) is 1. The fraction of sp³-hybridized carbons (Fsp3) is 0.286. The summed E-state index contributed by atoms with van der Waals surface area (Å²) < 4.78 is 32.4. The van der Waals surface area contributed by atoms with Gasteiger partial charge in [0.2, 0.25) is 11.7 Å². The normalized spacial score (nSPS) is 17.7. The number of hydrogen-bond acceptors (Lipinski definition) is 11. The van der Waals surface area contributed by atoms with Gasteiger partial charge >= 0.3 is 0 Å². The van der Waals surface area contributed by atoms with Gasteiger partial charge in [-0.25, -0.2) is 4.98 Å². The second kappa shape index (κ2) is 15.8. The fourth-order valence-electron chi connectivity index (χ4n) is 6.99. The number of hydrogen-bond donors (Lipinski definition) is 3. The molecule has 0 bridgehead atoms. The number of anilines is 1. The van der Waals surface area contributed by atoms with Crippen LogP contribution in [0.15, 0.2) is 114 Å². The van der Waals surface area contributed by atoms with E-state index in [1.165, 1.54) is 10.9 Å². The average molecular weight is 746 g/mol. The maximum Gasteiger partial charge on any atom is 0.280 e. The molecule has 1 fully saturated rings. The molecule has 1 saturated heterocycles. The zero-order valence-corrected chi connectivity index (χ0v) is 30.9. The number of aliphatic hydroxyl groups excluding tert-OH is 1. The van der Waals surface area contributed by atoms with Gasteiger partial charge in [-0.1, -0.05) is 80.6 Å². The minimum absolute atomic E-state index is 0.0264. The van der Waals surface area contributed by atoms with Crippen molar-refractivity contribution in [3.63, 3.8) is 0 Å². The lowest BCUT2D eigenvalue weighted by Crippen LogP contribution is -2.49. The molecule has 1 aliphatic heterocycles. The van der Waals surface area contributed by atoms with Crippen LogP contribution >= 0.6 is 0 Å². The molecular formula is C42H43N5O8. The Kier molecular flexibility index (Phi) is 10.7. The van der Waals surface area contributed by atoms with Crippen molar-refractivity contribution in [3.05, 3.63) is 142 Å². The first-order chi connectivity index (χ1) is 26.6. The van der Waals surface area contributed by atoms with Gasteiger partial charge in [-0.2, -0.15) is 4.98 Å². The lowest BCUT2D eigenvalue weighted by Gasteiger charge is -2.40. The van der Waals surface area contributed by atoms with Crippen molar-refractivity contribution < 1.29 is 33.6 Å². The van der Waals surface area contributed by atoms with Crippen molar-refractivity contribution >= 4 is 22.9 Å². The third kappa shape index (κ3) is 7.41. The zero-order valence-electron chi connectivity index (χ0n) is 30.9. The predicted octanol–water partition coefficient (Wildman–Crippen LogP) is 5.52. The second-order valence-electron chi connectivity index (χ2n) is 13.7. The monoisotopic (exact) mass is 745 g/mol. The Hall–Kier alpha value is -6.02. The van der Waals surface area contributed by atoms with Crippen LogP contribution < -0.4 is 25.5 Å². The highest BCUT2D eigenvalue weighted by molar-refractivity contribution is 5.85. The molecule has 0 saturated carbocycles. The predicted molar refractivity (Wildman–Crippen MR) is 205 cm³/mol.